The summed E-state index contributed by atoms with van der Waals surface area (Å²) in [5.41, 5.74) is 0.557. The minimum atomic E-state index is -0.654. The first-order valence-electron chi connectivity index (χ1n) is 6.89. The first kappa shape index (κ1) is 16.0. The van der Waals surface area contributed by atoms with Gasteiger partial charge in [0.15, 0.2) is 5.96 Å². The van der Waals surface area contributed by atoms with Crippen molar-refractivity contribution in [3.63, 3.8) is 0 Å². The van der Waals surface area contributed by atoms with Crippen molar-refractivity contribution >= 4 is 17.3 Å². The van der Waals surface area contributed by atoms with E-state index in [-0.39, 0.29) is 0 Å². The second kappa shape index (κ2) is 8.17. The number of aliphatic imine (C=N–C) groups is 1. The summed E-state index contributed by atoms with van der Waals surface area (Å²) >= 11 is 1.68. The molecule has 0 aromatic carbocycles. The topological polar surface area (TPSA) is 56.7 Å². The smallest absolute Gasteiger partial charge is 0.191 e. The molecule has 0 bridgehead atoms. The summed E-state index contributed by atoms with van der Waals surface area (Å²) in [5.74, 6) is 0.758. The Balaban J connectivity index is 2.54. The second-order valence-corrected chi connectivity index (χ2v) is 5.39. The van der Waals surface area contributed by atoms with Crippen LogP contribution < -0.4 is 10.6 Å². The lowest BCUT2D eigenvalue weighted by Gasteiger charge is -2.26. The lowest BCUT2D eigenvalue weighted by atomic mass is 9.98. The predicted octanol–water partition coefficient (Wildman–Crippen LogP) is 2.35. The van der Waals surface area contributed by atoms with Gasteiger partial charge in [-0.25, -0.2) is 4.99 Å². The van der Waals surface area contributed by atoms with E-state index in [0.29, 0.717) is 13.1 Å². The molecule has 19 heavy (non-hydrogen) atoms. The average molecular weight is 283 g/mol. The van der Waals surface area contributed by atoms with Gasteiger partial charge in [0.2, 0.25) is 0 Å². The third-order valence-electron chi connectivity index (χ3n) is 3.25. The highest BCUT2D eigenvalue weighted by atomic mass is 32.1. The van der Waals surface area contributed by atoms with Crippen LogP contribution in [0.25, 0.3) is 0 Å². The van der Waals surface area contributed by atoms with Crippen molar-refractivity contribution < 1.29 is 5.11 Å². The zero-order chi connectivity index (χ0) is 14.1. The number of aliphatic hydroxyl groups is 1. The van der Waals surface area contributed by atoms with Crippen LogP contribution in [-0.2, 0) is 6.54 Å². The van der Waals surface area contributed by atoms with Crippen molar-refractivity contribution in [2.24, 2.45) is 4.99 Å². The quantitative estimate of drug-likeness (QED) is 0.532. The minimum absolute atomic E-state index is 0.523. The summed E-state index contributed by atoms with van der Waals surface area (Å²) in [7, 11) is 0. The molecule has 5 heteroatoms. The van der Waals surface area contributed by atoms with E-state index in [9.17, 15) is 5.11 Å². The van der Waals surface area contributed by atoms with Gasteiger partial charge in [0.25, 0.3) is 0 Å². The van der Waals surface area contributed by atoms with Gasteiger partial charge in [-0.15, -0.1) is 0 Å². The van der Waals surface area contributed by atoms with E-state index in [0.717, 1.165) is 25.3 Å². The van der Waals surface area contributed by atoms with Crippen LogP contribution in [-0.4, -0.2) is 29.8 Å². The maximum Gasteiger partial charge on any atom is 0.191 e. The molecule has 1 heterocycles. The number of hydrogen-bond donors (Lipinski definition) is 3. The van der Waals surface area contributed by atoms with Crippen molar-refractivity contribution in [3.8, 4) is 0 Å². The molecule has 0 amide bonds. The number of guanidine groups is 1. The molecule has 0 fully saturated rings. The van der Waals surface area contributed by atoms with Crippen LogP contribution in [0.5, 0.6) is 0 Å². The standard InChI is InChI=1S/C14H25N3OS/c1-4-14(18,5-2)11-17-13(15-6-3)16-9-12-7-8-19-10-12/h7-8,10,18H,4-6,9,11H2,1-3H3,(H2,15,16,17). The number of nitrogens with zero attached hydrogens (tertiary/aromatic N) is 1. The molecule has 0 atom stereocenters. The van der Waals surface area contributed by atoms with Gasteiger partial charge >= 0.3 is 0 Å². The van der Waals surface area contributed by atoms with Gasteiger partial charge in [-0.05, 0) is 42.2 Å². The molecular formula is C14H25N3OS. The monoisotopic (exact) mass is 283 g/mol. The van der Waals surface area contributed by atoms with Crippen LogP contribution in [0.4, 0.5) is 0 Å². The average Bonchev–Trinajstić information content (AvgIpc) is 2.95. The number of rotatable bonds is 7. The lowest BCUT2D eigenvalue weighted by Crippen LogP contribution is -2.46. The van der Waals surface area contributed by atoms with Crippen molar-refractivity contribution in [2.45, 2.75) is 45.8 Å². The van der Waals surface area contributed by atoms with Gasteiger partial charge in [-0.2, -0.15) is 11.3 Å². The summed E-state index contributed by atoms with van der Waals surface area (Å²) in [6.45, 7) is 8.03. The lowest BCUT2D eigenvalue weighted by molar-refractivity contribution is 0.0367. The minimum Gasteiger partial charge on any atom is -0.388 e. The molecule has 108 valence electrons. The largest absolute Gasteiger partial charge is 0.388 e. The van der Waals surface area contributed by atoms with E-state index in [4.69, 9.17) is 0 Å². The molecular weight excluding hydrogens is 258 g/mol. The van der Waals surface area contributed by atoms with E-state index in [1.165, 1.54) is 5.56 Å². The second-order valence-electron chi connectivity index (χ2n) is 4.61. The molecule has 0 aliphatic carbocycles. The Hall–Kier alpha value is -1.07. The normalized spacial score (nSPS) is 12.5. The molecule has 1 aromatic rings. The first-order chi connectivity index (χ1) is 9.13. The Kier molecular flexibility index (Phi) is 6.87. The summed E-state index contributed by atoms with van der Waals surface area (Å²) in [5, 5.41) is 20.8. The van der Waals surface area contributed by atoms with Crippen molar-refractivity contribution in [2.75, 3.05) is 13.1 Å². The maximum absolute atomic E-state index is 10.3. The molecule has 1 rings (SSSR count). The van der Waals surface area contributed by atoms with Crippen molar-refractivity contribution in [1.82, 2.24) is 10.6 Å². The highest BCUT2D eigenvalue weighted by molar-refractivity contribution is 7.07. The molecule has 0 radical (unpaired) electrons. The summed E-state index contributed by atoms with van der Waals surface area (Å²) in [6.07, 6.45) is 1.47. The first-order valence-corrected chi connectivity index (χ1v) is 7.83. The molecule has 0 spiro atoms. The van der Waals surface area contributed by atoms with Crippen LogP contribution in [0.2, 0.25) is 0 Å². The van der Waals surface area contributed by atoms with E-state index >= 15 is 0 Å². The molecule has 0 unspecified atom stereocenters. The molecule has 0 aliphatic heterocycles. The Morgan fingerprint density at radius 2 is 2.05 bits per heavy atom. The summed E-state index contributed by atoms with van der Waals surface area (Å²) < 4.78 is 0. The highest BCUT2D eigenvalue weighted by Gasteiger charge is 2.22. The Labute approximate surface area is 120 Å². The van der Waals surface area contributed by atoms with Gasteiger partial charge in [-0.3, -0.25) is 0 Å². The Bertz CT molecular complexity index is 372. The Morgan fingerprint density at radius 1 is 1.32 bits per heavy atom. The van der Waals surface area contributed by atoms with E-state index in [2.05, 4.69) is 32.5 Å². The number of hydrogen-bond acceptors (Lipinski definition) is 3. The van der Waals surface area contributed by atoms with E-state index in [1.807, 2.05) is 20.8 Å². The van der Waals surface area contributed by atoms with Crippen LogP contribution in [0.1, 0.15) is 39.2 Å². The van der Waals surface area contributed by atoms with Gasteiger partial charge in [0, 0.05) is 13.1 Å². The zero-order valence-electron chi connectivity index (χ0n) is 12.1. The number of nitrogens with one attached hydrogen (secondary N) is 2. The third-order valence-corrected chi connectivity index (χ3v) is 3.98. The van der Waals surface area contributed by atoms with Gasteiger partial charge in [0.05, 0.1) is 12.1 Å². The van der Waals surface area contributed by atoms with E-state index < -0.39 is 5.60 Å². The third kappa shape index (κ3) is 5.61. The molecule has 1 aromatic heterocycles. The van der Waals surface area contributed by atoms with Gasteiger partial charge in [0.1, 0.15) is 0 Å². The van der Waals surface area contributed by atoms with Gasteiger partial charge in [-0.1, -0.05) is 13.8 Å². The van der Waals surface area contributed by atoms with E-state index in [1.54, 1.807) is 11.3 Å². The SMILES string of the molecule is CCNC(=NCc1ccsc1)NCC(O)(CC)CC. The molecule has 0 saturated heterocycles. The van der Waals surface area contributed by atoms with Crippen LogP contribution in [0.15, 0.2) is 21.8 Å². The summed E-state index contributed by atoms with van der Waals surface area (Å²) in [4.78, 5) is 4.52. The number of thiophene rings is 1. The predicted molar refractivity (Wildman–Crippen MR) is 82.7 cm³/mol. The fraction of sp³-hybridized carbons (Fsp3) is 0.643. The van der Waals surface area contributed by atoms with Crippen molar-refractivity contribution in [1.29, 1.82) is 0 Å². The fourth-order valence-corrected chi connectivity index (χ4v) is 2.30. The van der Waals surface area contributed by atoms with Crippen molar-refractivity contribution in [3.05, 3.63) is 22.4 Å². The molecule has 0 aliphatic rings. The van der Waals surface area contributed by atoms with Crippen LogP contribution in [0.3, 0.4) is 0 Å². The highest BCUT2D eigenvalue weighted by Crippen LogP contribution is 2.12. The molecule has 4 nitrogen and oxygen atoms in total. The fourth-order valence-electron chi connectivity index (χ4n) is 1.64. The molecule has 3 N–H and O–H groups in total. The Morgan fingerprint density at radius 3 is 2.58 bits per heavy atom. The van der Waals surface area contributed by atoms with Crippen LogP contribution in [0, 0.1) is 0 Å². The zero-order valence-corrected chi connectivity index (χ0v) is 12.9. The van der Waals surface area contributed by atoms with Crippen LogP contribution >= 0.6 is 11.3 Å². The maximum atomic E-state index is 10.3. The van der Waals surface area contributed by atoms with Gasteiger partial charge < -0.3 is 15.7 Å². The molecule has 0 saturated carbocycles. The summed E-state index contributed by atoms with van der Waals surface area (Å²) in [6, 6.07) is 2.08.